The van der Waals surface area contributed by atoms with E-state index >= 15 is 0 Å². The molecule has 5 aromatic carbocycles. The number of hydrogen-bond acceptors (Lipinski definition) is 9. The summed E-state index contributed by atoms with van der Waals surface area (Å²) in [7, 11) is -0.511. The van der Waals surface area contributed by atoms with Crippen LogP contribution in [0.15, 0.2) is 132 Å². The van der Waals surface area contributed by atoms with E-state index in [9.17, 15) is 13.5 Å². The Bertz CT molecular complexity index is 2390. The summed E-state index contributed by atoms with van der Waals surface area (Å²) in [5, 5.41) is 10.6. The third-order valence-corrected chi connectivity index (χ3v) is 12.2. The maximum Gasteiger partial charge on any atom is 0.243 e. The molecule has 2 aliphatic rings. The fourth-order valence-corrected chi connectivity index (χ4v) is 9.05. The number of aliphatic hydroxyl groups is 1. The van der Waals surface area contributed by atoms with Gasteiger partial charge in [0, 0.05) is 49.2 Å². The Balaban J connectivity index is 1.07. The molecule has 8 rings (SSSR count). The van der Waals surface area contributed by atoms with Crippen molar-refractivity contribution < 1.29 is 32.5 Å². The van der Waals surface area contributed by atoms with Crippen molar-refractivity contribution in [3.63, 3.8) is 0 Å². The Kier molecular flexibility index (Phi) is 11.1. The number of benzene rings is 5. The Morgan fingerprint density at radius 3 is 2.21 bits per heavy atom. The van der Waals surface area contributed by atoms with E-state index in [0.717, 1.165) is 58.5 Å². The van der Waals surface area contributed by atoms with Gasteiger partial charge in [0.2, 0.25) is 10.0 Å². The molecule has 10 nitrogen and oxygen atoms in total. The molecule has 6 aromatic rings. The van der Waals surface area contributed by atoms with E-state index in [1.54, 1.807) is 38.6 Å². The molecule has 0 bridgehead atoms. The molecule has 1 fully saturated rings. The summed E-state index contributed by atoms with van der Waals surface area (Å²) in [4.78, 5) is 6.90. The number of para-hydroxylation sites is 1. The van der Waals surface area contributed by atoms with Crippen LogP contribution in [0.25, 0.3) is 10.9 Å². The predicted molar refractivity (Wildman–Crippen MR) is 214 cm³/mol. The third kappa shape index (κ3) is 7.92. The Morgan fingerprint density at radius 1 is 0.786 bits per heavy atom. The smallest absolute Gasteiger partial charge is 0.243 e. The van der Waals surface area contributed by atoms with Gasteiger partial charge in [-0.25, -0.2) is 13.1 Å². The van der Waals surface area contributed by atoms with Gasteiger partial charge in [0.15, 0.2) is 17.8 Å². The average molecular weight is 772 g/mol. The minimum absolute atomic E-state index is 0.0449. The van der Waals surface area contributed by atoms with Crippen LogP contribution in [0.3, 0.4) is 0 Å². The molecule has 11 heteroatoms. The van der Waals surface area contributed by atoms with Crippen molar-refractivity contribution in [2.24, 2.45) is 0 Å². The van der Waals surface area contributed by atoms with E-state index in [1.165, 1.54) is 11.1 Å². The molecule has 2 N–H and O–H groups in total. The normalized spacial score (nSPS) is 20.1. The van der Waals surface area contributed by atoms with Crippen LogP contribution in [0.1, 0.15) is 57.3 Å². The molecule has 288 valence electrons. The van der Waals surface area contributed by atoms with Crippen molar-refractivity contribution in [1.29, 1.82) is 0 Å². The molecule has 0 radical (unpaired) electrons. The van der Waals surface area contributed by atoms with Crippen LogP contribution in [0, 0.1) is 0 Å². The molecule has 0 saturated carbocycles. The highest BCUT2D eigenvalue weighted by Crippen LogP contribution is 2.47. The van der Waals surface area contributed by atoms with Crippen molar-refractivity contribution in [2.75, 3.05) is 27.3 Å². The molecule has 2 aliphatic heterocycles. The topological polar surface area (TPSA) is 119 Å². The third-order valence-electron chi connectivity index (χ3n) is 10.8. The van der Waals surface area contributed by atoms with Crippen LogP contribution in [0.2, 0.25) is 0 Å². The lowest BCUT2D eigenvalue weighted by molar-refractivity contribution is -0.263. The standard InChI is InChI=1S/C45H45N3O7S/c1-52-38-24-36-21-23-48(27-37(36)25-39(38)53-2)28-40-42(32-8-4-3-5-9-32)44(34-17-15-31(29-49)16-18-34)55-45(54-40)35-19-13-30(14-20-35)26-47-56(50,51)41-12-6-10-33-11-7-22-46-43(33)41/h3-20,22,24-25,40,42,44-45,47,49H,21,23,26-29H2,1-2H3. The summed E-state index contributed by atoms with van der Waals surface area (Å²) in [6.07, 6.45) is 1.14. The zero-order chi connectivity index (χ0) is 38.6. The van der Waals surface area contributed by atoms with E-state index in [-0.39, 0.29) is 36.2 Å². The second-order valence-corrected chi connectivity index (χ2v) is 16.0. The lowest BCUT2D eigenvalue weighted by atomic mass is 9.82. The first-order chi connectivity index (χ1) is 27.3. The molecule has 1 saturated heterocycles. The molecule has 4 unspecified atom stereocenters. The van der Waals surface area contributed by atoms with Gasteiger partial charge >= 0.3 is 0 Å². The van der Waals surface area contributed by atoms with Gasteiger partial charge in [-0.05, 0) is 64.1 Å². The van der Waals surface area contributed by atoms with Crippen molar-refractivity contribution in [3.8, 4) is 11.5 Å². The van der Waals surface area contributed by atoms with Crippen LogP contribution in [-0.4, -0.2) is 56.8 Å². The molecule has 1 aromatic heterocycles. The van der Waals surface area contributed by atoms with E-state index in [2.05, 4.69) is 38.9 Å². The number of pyridine rings is 1. The number of hydrogen-bond donors (Lipinski definition) is 2. The van der Waals surface area contributed by atoms with E-state index in [4.69, 9.17) is 18.9 Å². The lowest BCUT2D eigenvalue weighted by Gasteiger charge is -2.45. The van der Waals surface area contributed by atoms with Gasteiger partial charge in [-0.1, -0.05) is 97.1 Å². The molecular formula is C45H45N3O7S. The number of methoxy groups -OCH3 is 2. The Labute approximate surface area is 327 Å². The SMILES string of the molecule is COc1cc2c(cc1OC)CN(CC1OC(c3ccc(CNS(=O)(=O)c4cccc5cccnc45)cc3)OC(c3ccc(CO)cc3)C1c1ccccc1)CC2. The number of nitrogens with zero attached hydrogens (tertiary/aromatic N) is 2. The number of aliphatic hydroxyl groups excluding tert-OH is 1. The highest BCUT2D eigenvalue weighted by Gasteiger charge is 2.43. The van der Waals surface area contributed by atoms with Crippen molar-refractivity contribution in [2.45, 2.75) is 55.4 Å². The summed E-state index contributed by atoms with van der Waals surface area (Å²) < 4.78 is 54.7. The number of ether oxygens (including phenoxy) is 4. The first-order valence-electron chi connectivity index (χ1n) is 18.8. The zero-order valence-corrected chi connectivity index (χ0v) is 32.2. The first-order valence-corrected chi connectivity index (χ1v) is 20.3. The van der Waals surface area contributed by atoms with E-state index < -0.39 is 16.3 Å². The van der Waals surface area contributed by atoms with Crippen LogP contribution in [0.5, 0.6) is 11.5 Å². The molecular weight excluding hydrogens is 727 g/mol. The van der Waals surface area contributed by atoms with Gasteiger partial charge in [0.05, 0.1) is 38.6 Å². The van der Waals surface area contributed by atoms with Crippen molar-refractivity contribution >= 4 is 20.9 Å². The molecule has 0 amide bonds. The second-order valence-electron chi connectivity index (χ2n) is 14.3. The van der Waals surface area contributed by atoms with Gasteiger partial charge < -0.3 is 24.1 Å². The van der Waals surface area contributed by atoms with Crippen LogP contribution >= 0.6 is 0 Å². The number of sulfonamides is 1. The molecule has 3 heterocycles. The average Bonchev–Trinajstić information content (AvgIpc) is 3.25. The van der Waals surface area contributed by atoms with Crippen molar-refractivity contribution in [1.82, 2.24) is 14.6 Å². The molecule has 0 spiro atoms. The van der Waals surface area contributed by atoms with Gasteiger partial charge in [-0.3, -0.25) is 9.88 Å². The zero-order valence-electron chi connectivity index (χ0n) is 31.4. The summed E-state index contributed by atoms with van der Waals surface area (Å²) >= 11 is 0. The minimum atomic E-state index is -3.83. The maximum absolute atomic E-state index is 13.4. The predicted octanol–water partition coefficient (Wildman–Crippen LogP) is 7.22. The van der Waals surface area contributed by atoms with Gasteiger partial charge in [0.25, 0.3) is 0 Å². The second kappa shape index (κ2) is 16.5. The van der Waals surface area contributed by atoms with Gasteiger partial charge in [-0.15, -0.1) is 0 Å². The van der Waals surface area contributed by atoms with Crippen molar-refractivity contribution in [3.05, 3.63) is 166 Å². The summed E-state index contributed by atoms with van der Waals surface area (Å²) in [5.74, 6) is 1.31. The monoisotopic (exact) mass is 771 g/mol. The number of nitrogens with one attached hydrogen (secondary N) is 1. The summed E-state index contributed by atoms with van der Waals surface area (Å²) in [5.41, 5.74) is 7.42. The number of aromatic nitrogens is 1. The maximum atomic E-state index is 13.4. The van der Waals surface area contributed by atoms with E-state index in [1.807, 2.05) is 78.9 Å². The molecule has 56 heavy (non-hydrogen) atoms. The first kappa shape index (κ1) is 37.8. The molecule has 4 atom stereocenters. The Morgan fingerprint density at radius 2 is 1.48 bits per heavy atom. The van der Waals surface area contributed by atoms with Crippen LogP contribution in [0.4, 0.5) is 0 Å². The summed E-state index contributed by atoms with van der Waals surface area (Å²) in [6, 6.07) is 38.9. The fourth-order valence-electron chi connectivity index (χ4n) is 7.86. The number of fused-ring (bicyclic) bond motifs is 2. The lowest BCUT2D eigenvalue weighted by Crippen LogP contribution is -2.45. The minimum Gasteiger partial charge on any atom is -0.493 e. The van der Waals surface area contributed by atoms with Gasteiger partial charge in [0.1, 0.15) is 4.90 Å². The number of rotatable bonds is 12. The highest BCUT2D eigenvalue weighted by atomic mass is 32.2. The molecule has 0 aliphatic carbocycles. The van der Waals surface area contributed by atoms with Crippen LogP contribution < -0.4 is 14.2 Å². The summed E-state index contributed by atoms with van der Waals surface area (Å²) in [6.45, 7) is 2.30. The fraction of sp³-hybridized carbons (Fsp3) is 0.267. The Hall–Kier alpha value is -5.14. The quantitative estimate of drug-likeness (QED) is 0.133. The van der Waals surface area contributed by atoms with E-state index in [0.29, 0.717) is 17.8 Å². The largest absolute Gasteiger partial charge is 0.493 e. The highest BCUT2D eigenvalue weighted by molar-refractivity contribution is 7.89. The van der Waals surface area contributed by atoms with Crippen LogP contribution in [-0.2, 0) is 45.6 Å². The van der Waals surface area contributed by atoms with Gasteiger partial charge in [-0.2, -0.15) is 0 Å².